The minimum atomic E-state index is -0.143. The first kappa shape index (κ1) is 51.0. The normalized spacial score (nSPS) is 11.5. The molecule has 0 bridgehead atoms. The molecule has 0 unspecified atom stereocenters. The van der Waals surface area contributed by atoms with Crippen LogP contribution in [0.25, 0.3) is 0 Å². The van der Waals surface area contributed by atoms with Crippen LogP contribution < -0.4 is 0 Å². The van der Waals surface area contributed by atoms with Crippen molar-refractivity contribution in [3.63, 3.8) is 0 Å². The van der Waals surface area contributed by atoms with Gasteiger partial charge in [-0.25, -0.2) is 0 Å². The molecule has 0 amide bonds. The Morgan fingerprint density at radius 1 is 0.269 bits per heavy atom. The first-order valence-corrected chi connectivity index (χ1v) is 19.9. The molecule has 14 nitrogen and oxygen atoms in total. The van der Waals surface area contributed by atoms with Crippen LogP contribution in [0.15, 0.2) is 0 Å². The summed E-state index contributed by atoms with van der Waals surface area (Å²) in [6.45, 7) is 17.2. The zero-order valence-corrected chi connectivity index (χ0v) is 33.0. The maximum absolute atomic E-state index is 11.7. The Kier molecular flexibility index (Phi) is 47.1. The Bertz CT molecular complexity index is 661. The topological polar surface area (TPSA) is 137 Å². The van der Waals surface area contributed by atoms with E-state index in [-0.39, 0.29) is 12.6 Å². The zero-order chi connectivity index (χ0) is 37.5. The van der Waals surface area contributed by atoms with Crippen molar-refractivity contribution in [2.75, 3.05) is 165 Å². The molecule has 312 valence electrons. The van der Waals surface area contributed by atoms with Crippen LogP contribution in [0.3, 0.4) is 0 Å². The van der Waals surface area contributed by atoms with E-state index in [1.807, 2.05) is 0 Å². The Balaban J connectivity index is 3.09. The molecular weight excluding hydrogens is 680 g/mol. The van der Waals surface area contributed by atoms with Gasteiger partial charge in [-0.1, -0.05) is 58.8 Å². The van der Waals surface area contributed by atoms with Crippen LogP contribution >= 0.6 is 0 Å². The lowest BCUT2D eigenvalue weighted by molar-refractivity contribution is -0.145. The van der Waals surface area contributed by atoms with Crippen molar-refractivity contribution < 1.29 is 66.4 Å². The third-order valence-electron chi connectivity index (χ3n) is 7.21. The average molecular weight is 757 g/mol. The summed E-state index contributed by atoms with van der Waals surface area (Å²) < 4.78 is 70.9. The predicted octanol–water partition coefficient (Wildman–Crippen LogP) is 4.67. The number of esters is 1. The molecule has 0 N–H and O–H groups in total. The lowest BCUT2D eigenvalue weighted by Crippen LogP contribution is -2.15. The minimum absolute atomic E-state index is 0.143. The Labute approximate surface area is 315 Å². The third kappa shape index (κ3) is 47.0. The number of rotatable bonds is 47. The largest absolute Gasteiger partial charge is 0.463 e. The van der Waals surface area contributed by atoms with Gasteiger partial charge in [0.25, 0.3) is 0 Å². The summed E-state index contributed by atoms with van der Waals surface area (Å²) in [5, 5.41) is 0. The van der Waals surface area contributed by atoms with Crippen LogP contribution in [0, 0.1) is 0 Å². The smallest absolute Gasteiger partial charge is 0.305 e. The number of hydrogen-bond donors (Lipinski definition) is 0. The van der Waals surface area contributed by atoms with E-state index in [0.29, 0.717) is 158 Å². The molecule has 0 aromatic heterocycles. The van der Waals surface area contributed by atoms with Crippen LogP contribution in [-0.2, 0) is 66.4 Å². The van der Waals surface area contributed by atoms with Gasteiger partial charge in [0.05, 0.1) is 152 Å². The molecule has 0 spiro atoms. The summed E-state index contributed by atoms with van der Waals surface area (Å²) in [4.78, 5) is 11.7. The molecule has 0 radical (unpaired) electrons. The number of carbonyl (C=O) groups is 1. The Morgan fingerprint density at radius 2 is 0.500 bits per heavy atom. The van der Waals surface area contributed by atoms with E-state index in [0.717, 1.165) is 25.9 Å². The van der Waals surface area contributed by atoms with Crippen LogP contribution in [0.2, 0.25) is 0 Å². The van der Waals surface area contributed by atoms with Crippen molar-refractivity contribution in [1.82, 2.24) is 0 Å². The first-order chi connectivity index (χ1) is 25.8. The quantitative estimate of drug-likeness (QED) is 0.0628. The molecule has 0 saturated carbocycles. The van der Waals surface area contributed by atoms with Gasteiger partial charge in [0, 0.05) is 13.0 Å². The fraction of sp³-hybridized carbons (Fsp3) is 0.974. The van der Waals surface area contributed by atoms with E-state index in [1.165, 1.54) is 38.5 Å². The fourth-order valence-electron chi connectivity index (χ4n) is 4.31. The zero-order valence-electron chi connectivity index (χ0n) is 33.0. The van der Waals surface area contributed by atoms with Gasteiger partial charge in [-0.2, -0.15) is 0 Å². The second-order valence-electron chi connectivity index (χ2n) is 11.8. The van der Waals surface area contributed by atoms with Crippen molar-refractivity contribution in [2.45, 2.75) is 78.1 Å². The van der Waals surface area contributed by atoms with E-state index in [9.17, 15) is 4.79 Å². The maximum atomic E-state index is 11.7. The molecule has 0 aromatic carbocycles. The summed E-state index contributed by atoms with van der Waals surface area (Å²) in [6.07, 6.45) is 11.0. The van der Waals surface area contributed by atoms with Crippen molar-refractivity contribution in [2.24, 2.45) is 0 Å². The molecule has 0 rings (SSSR count). The summed E-state index contributed by atoms with van der Waals surface area (Å²) in [5.41, 5.74) is 0. The van der Waals surface area contributed by atoms with Gasteiger partial charge in [0.15, 0.2) is 0 Å². The molecular formula is C38H76O14. The van der Waals surface area contributed by atoms with Gasteiger partial charge in [-0.15, -0.1) is 0 Å². The minimum Gasteiger partial charge on any atom is -0.463 e. The average Bonchev–Trinajstić information content (AvgIpc) is 3.15. The molecule has 0 aliphatic rings. The lowest BCUT2D eigenvalue weighted by atomic mass is 10.1. The number of ether oxygens (including phenoxy) is 13. The second kappa shape index (κ2) is 48.0. The van der Waals surface area contributed by atoms with Gasteiger partial charge < -0.3 is 61.6 Å². The highest BCUT2D eigenvalue weighted by Crippen LogP contribution is 2.07. The maximum Gasteiger partial charge on any atom is 0.305 e. The highest BCUT2D eigenvalue weighted by Gasteiger charge is 2.03. The number of hydrogen-bond acceptors (Lipinski definition) is 14. The first-order valence-electron chi connectivity index (χ1n) is 19.9. The van der Waals surface area contributed by atoms with Crippen LogP contribution in [-0.4, -0.2) is 171 Å². The van der Waals surface area contributed by atoms with Crippen molar-refractivity contribution in [3.8, 4) is 0 Å². The Hall–Kier alpha value is -1.01. The lowest BCUT2D eigenvalue weighted by Gasteiger charge is -2.09. The molecule has 14 heteroatoms. The van der Waals surface area contributed by atoms with Gasteiger partial charge >= 0.3 is 5.97 Å². The van der Waals surface area contributed by atoms with Gasteiger partial charge in [0.1, 0.15) is 6.61 Å². The molecule has 0 aliphatic carbocycles. The monoisotopic (exact) mass is 757 g/mol. The van der Waals surface area contributed by atoms with Gasteiger partial charge in [-0.3, -0.25) is 4.79 Å². The predicted molar refractivity (Wildman–Crippen MR) is 198 cm³/mol. The third-order valence-corrected chi connectivity index (χ3v) is 7.21. The highest BCUT2D eigenvalue weighted by molar-refractivity contribution is 5.69. The second-order valence-corrected chi connectivity index (χ2v) is 11.8. The molecule has 52 heavy (non-hydrogen) atoms. The van der Waals surface area contributed by atoms with Crippen LogP contribution in [0.1, 0.15) is 78.1 Å². The molecule has 0 aromatic rings. The fourth-order valence-corrected chi connectivity index (χ4v) is 4.31. The molecule has 0 fully saturated rings. The molecule has 0 saturated heterocycles. The van der Waals surface area contributed by atoms with Crippen molar-refractivity contribution in [1.29, 1.82) is 0 Å². The number of carbonyl (C=O) groups excluding carboxylic acids is 1. The van der Waals surface area contributed by atoms with Crippen LogP contribution in [0.4, 0.5) is 0 Å². The molecule has 0 heterocycles. The summed E-state index contributed by atoms with van der Waals surface area (Å²) >= 11 is 0. The van der Waals surface area contributed by atoms with E-state index in [4.69, 9.17) is 61.6 Å². The highest BCUT2D eigenvalue weighted by atomic mass is 16.6. The van der Waals surface area contributed by atoms with E-state index in [1.54, 1.807) is 0 Å². The van der Waals surface area contributed by atoms with Crippen molar-refractivity contribution >= 4 is 5.97 Å². The summed E-state index contributed by atoms with van der Waals surface area (Å²) in [7, 11) is 0. The summed E-state index contributed by atoms with van der Waals surface area (Å²) in [5.74, 6) is -0.143. The van der Waals surface area contributed by atoms with E-state index >= 15 is 0 Å². The summed E-state index contributed by atoms with van der Waals surface area (Å²) in [6, 6.07) is 0. The van der Waals surface area contributed by atoms with E-state index < -0.39 is 0 Å². The number of unbranched alkanes of at least 4 members (excludes halogenated alkanes) is 7. The SMILES string of the molecule is CCCCCCCCC(=O)OCCOCCOCCOCCOCCOCCOCCOCCOCCOCCOCCOCCOCCCCC. The van der Waals surface area contributed by atoms with Crippen LogP contribution in [0.5, 0.6) is 0 Å². The van der Waals surface area contributed by atoms with E-state index in [2.05, 4.69) is 13.8 Å². The Morgan fingerprint density at radius 3 is 0.808 bits per heavy atom. The standard InChI is InChI=1S/C38H76O14/c1-3-5-7-8-9-10-12-38(39)52-37-36-51-35-34-50-33-32-49-31-30-48-29-28-47-27-26-46-25-24-45-23-22-44-21-20-43-19-18-42-17-16-41-15-14-40-13-11-6-4-2/h3-37H2,1-2H3. The van der Waals surface area contributed by atoms with Gasteiger partial charge in [-0.05, 0) is 12.8 Å². The molecule has 0 aliphatic heterocycles. The van der Waals surface area contributed by atoms with Gasteiger partial charge in [0.2, 0.25) is 0 Å². The van der Waals surface area contributed by atoms with Crippen molar-refractivity contribution in [3.05, 3.63) is 0 Å². The molecule has 0 atom stereocenters.